The summed E-state index contributed by atoms with van der Waals surface area (Å²) in [6, 6.07) is 18.4. The number of anilines is 1. The second kappa shape index (κ2) is 9.09. The maximum Gasteiger partial charge on any atom is 0.0722 e. The lowest BCUT2D eigenvalue weighted by atomic mass is 9.80. The third kappa shape index (κ3) is 5.25. The molecule has 27 heavy (non-hydrogen) atoms. The van der Waals surface area contributed by atoms with Gasteiger partial charge in [0.05, 0.1) is 5.60 Å². The number of piperazine rings is 1. The fraction of sp³-hybridized carbons (Fsp3) is 0.478. The lowest BCUT2D eigenvalue weighted by Gasteiger charge is -2.41. The van der Waals surface area contributed by atoms with Crippen molar-refractivity contribution >= 4 is 17.3 Å². The largest absolute Gasteiger partial charge is 0.389 e. The van der Waals surface area contributed by atoms with E-state index in [0.29, 0.717) is 6.42 Å². The van der Waals surface area contributed by atoms with Crippen LogP contribution in [0.2, 0.25) is 5.02 Å². The third-order valence-electron chi connectivity index (χ3n) is 5.96. The Hall–Kier alpha value is -1.55. The molecule has 1 N–H and O–H groups in total. The van der Waals surface area contributed by atoms with Crippen molar-refractivity contribution in [3.63, 3.8) is 0 Å². The van der Waals surface area contributed by atoms with Gasteiger partial charge >= 0.3 is 0 Å². The zero-order chi connectivity index (χ0) is 19.3. The van der Waals surface area contributed by atoms with E-state index in [0.717, 1.165) is 44.2 Å². The molecule has 1 aliphatic heterocycles. The van der Waals surface area contributed by atoms with Crippen LogP contribution in [0.15, 0.2) is 54.6 Å². The van der Waals surface area contributed by atoms with Gasteiger partial charge in [0.15, 0.2) is 0 Å². The lowest BCUT2D eigenvalue weighted by molar-refractivity contribution is -0.0281. The van der Waals surface area contributed by atoms with Gasteiger partial charge < -0.3 is 10.0 Å². The number of nitrogens with zero attached hydrogens (tertiary/aromatic N) is 2. The van der Waals surface area contributed by atoms with Crippen LogP contribution < -0.4 is 4.90 Å². The van der Waals surface area contributed by atoms with Crippen LogP contribution in [0.25, 0.3) is 0 Å². The fourth-order valence-electron chi connectivity index (χ4n) is 4.02. The van der Waals surface area contributed by atoms with E-state index in [1.165, 1.54) is 11.3 Å². The molecule has 0 radical (unpaired) electrons. The highest BCUT2D eigenvalue weighted by Crippen LogP contribution is 2.28. The van der Waals surface area contributed by atoms with E-state index in [1.807, 2.05) is 36.4 Å². The lowest BCUT2D eigenvalue weighted by Crippen LogP contribution is -2.51. The molecule has 0 aliphatic carbocycles. The summed E-state index contributed by atoms with van der Waals surface area (Å²) in [7, 11) is 0. The second-order valence-corrected chi connectivity index (χ2v) is 8.22. The molecule has 2 aromatic rings. The van der Waals surface area contributed by atoms with Gasteiger partial charge in [-0.3, -0.25) is 4.90 Å². The molecule has 3 rings (SSSR count). The fourth-order valence-corrected chi connectivity index (χ4v) is 4.20. The Morgan fingerprint density at radius 1 is 1.04 bits per heavy atom. The molecule has 1 saturated heterocycles. The standard InChI is InChI=1S/C23H31ClN2O/c1-3-23(27,17-20-8-5-4-6-9-20)19(2)18-25-12-14-26(15-13-25)22-11-7-10-21(24)16-22/h4-11,16,19,27H,3,12-15,17-18H2,1-2H3. The molecule has 3 nitrogen and oxygen atoms in total. The molecule has 1 heterocycles. The van der Waals surface area contributed by atoms with Crippen molar-refractivity contribution in [2.45, 2.75) is 32.3 Å². The first kappa shape index (κ1) is 20.2. The summed E-state index contributed by atoms with van der Waals surface area (Å²) in [5.41, 5.74) is 1.75. The molecule has 0 aromatic heterocycles. The van der Waals surface area contributed by atoms with Crippen molar-refractivity contribution in [2.75, 3.05) is 37.6 Å². The van der Waals surface area contributed by atoms with Crippen LogP contribution in [0.3, 0.4) is 0 Å². The van der Waals surface area contributed by atoms with E-state index in [2.05, 4.69) is 41.8 Å². The molecule has 2 aromatic carbocycles. The molecule has 2 atom stereocenters. The summed E-state index contributed by atoms with van der Waals surface area (Å²) in [5, 5.41) is 12.1. The van der Waals surface area contributed by atoms with Gasteiger partial charge in [-0.2, -0.15) is 0 Å². The van der Waals surface area contributed by atoms with Crippen molar-refractivity contribution < 1.29 is 5.11 Å². The molecule has 0 bridgehead atoms. The molecule has 0 saturated carbocycles. The first-order valence-corrected chi connectivity index (χ1v) is 10.4. The molecule has 2 unspecified atom stereocenters. The van der Waals surface area contributed by atoms with Crippen LogP contribution in [0.1, 0.15) is 25.8 Å². The minimum absolute atomic E-state index is 0.223. The Morgan fingerprint density at radius 3 is 2.37 bits per heavy atom. The van der Waals surface area contributed by atoms with Crippen LogP contribution in [-0.2, 0) is 6.42 Å². The quantitative estimate of drug-likeness (QED) is 0.759. The summed E-state index contributed by atoms with van der Waals surface area (Å²) in [4.78, 5) is 4.88. The number of aliphatic hydroxyl groups is 1. The summed E-state index contributed by atoms with van der Waals surface area (Å²) in [5.74, 6) is 0.223. The van der Waals surface area contributed by atoms with E-state index >= 15 is 0 Å². The molecular formula is C23H31ClN2O. The third-order valence-corrected chi connectivity index (χ3v) is 6.20. The SMILES string of the molecule is CCC(O)(Cc1ccccc1)C(C)CN1CCN(c2cccc(Cl)c2)CC1. The van der Waals surface area contributed by atoms with Gasteiger partial charge in [0.25, 0.3) is 0 Å². The topological polar surface area (TPSA) is 26.7 Å². The number of hydrogen-bond acceptors (Lipinski definition) is 3. The summed E-state index contributed by atoms with van der Waals surface area (Å²) >= 11 is 6.13. The van der Waals surface area contributed by atoms with Crippen molar-refractivity contribution in [2.24, 2.45) is 5.92 Å². The molecule has 1 fully saturated rings. The minimum Gasteiger partial charge on any atom is -0.389 e. The highest BCUT2D eigenvalue weighted by atomic mass is 35.5. The van der Waals surface area contributed by atoms with Crippen LogP contribution in [-0.4, -0.2) is 48.3 Å². The van der Waals surface area contributed by atoms with Gasteiger partial charge in [-0.1, -0.05) is 61.8 Å². The molecule has 0 amide bonds. The molecular weight excluding hydrogens is 356 g/mol. The van der Waals surface area contributed by atoms with Gasteiger partial charge in [-0.25, -0.2) is 0 Å². The average molecular weight is 387 g/mol. The number of halogens is 1. The normalized spacial score (nSPS) is 18.9. The predicted molar refractivity (Wildman–Crippen MR) is 115 cm³/mol. The predicted octanol–water partition coefficient (Wildman–Crippen LogP) is 4.48. The van der Waals surface area contributed by atoms with Gasteiger partial charge in [-0.15, -0.1) is 0 Å². The van der Waals surface area contributed by atoms with E-state index in [9.17, 15) is 5.11 Å². The Morgan fingerprint density at radius 2 is 1.74 bits per heavy atom. The average Bonchev–Trinajstić information content (AvgIpc) is 2.69. The zero-order valence-electron chi connectivity index (χ0n) is 16.4. The van der Waals surface area contributed by atoms with Gasteiger partial charge in [0.1, 0.15) is 0 Å². The Kier molecular flexibility index (Phi) is 6.80. The molecule has 0 spiro atoms. The van der Waals surface area contributed by atoms with E-state index < -0.39 is 5.60 Å². The van der Waals surface area contributed by atoms with Crippen LogP contribution in [0, 0.1) is 5.92 Å². The minimum atomic E-state index is -0.661. The van der Waals surface area contributed by atoms with E-state index in [-0.39, 0.29) is 5.92 Å². The summed E-state index contributed by atoms with van der Waals surface area (Å²) in [6.07, 6.45) is 1.49. The number of benzene rings is 2. The van der Waals surface area contributed by atoms with Gasteiger partial charge in [0, 0.05) is 49.9 Å². The Bertz CT molecular complexity index is 715. The number of rotatable bonds is 7. The van der Waals surface area contributed by atoms with Crippen molar-refractivity contribution in [3.8, 4) is 0 Å². The maximum absolute atomic E-state index is 11.3. The van der Waals surface area contributed by atoms with Gasteiger partial charge in [-0.05, 0) is 36.1 Å². The monoisotopic (exact) mass is 386 g/mol. The highest BCUT2D eigenvalue weighted by Gasteiger charge is 2.33. The molecule has 4 heteroatoms. The van der Waals surface area contributed by atoms with E-state index in [4.69, 9.17) is 11.6 Å². The zero-order valence-corrected chi connectivity index (χ0v) is 17.2. The van der Waals surface area contributed by atoms with Crippen molar-refractivity contribution in [1.82, 2.24) is 4.90 Å². The Balaban J connectivity index is 1.55. The molecule has 1 aliphatic rings. The van der Waals surface area contributed by atoms with Crippen molar-refractivity contribution in [1.29, 1.82) is 0 Å². The first-order valence-electron chi connectivity index (χ1n) is 9.99. The smallest absolute Gasteiger partial charge is 0.0722 e. The van der Waals surface area contributed by atoms with Crippen LogP contribution >= 0.6 is 11.6 Å². The van der Waals surface area contributed by atoms with E-state index in [1.54, 1.807) is 0 Å². The number of hydrogen-bond donors (Lipinski definition) is 1. The summed E-state index contributed by atoms with van der Waals surface area (Å²) in [6.45, 7) is 9.24. The van der Waals surface area contributed by atoms with Crippen LogP contribution in [0.4, 0.5) is 5.69 Å². The van der Waals surface area contributed by atoms with Gasteiger partial charge in [0.2, 0.25) is 0 Å². The maximum atomic E-state index is 11.3. The summed E-state index contributed by atoms with van der Waals surface area (Å²) < 4.78 is 0. The van der Waals surface area contributed by atoms with Crippen molar-refractivity contribution in [3.05, 3.63) is 65.2 Å². The second-order valence-electron chi connectivity index (χ2n) is 7.79. The highest BCUT2D eigenvalue weighted by molar-refractivity contribution is 6.30. The van der Waals surface area contributed by atoms with Crippen LogP contribution in [0.5, 0.6) is 0 Å². The first-order chi connectivity index (χ1) is 13.0. The molecule has 146 valence electrons. The Labute approximate surface area is 168 Å².